The molecule has 1 aromatic carbocycles. The van der Waals surface area contributed by atoms with E-state index in [9.17, 15) is 15.2 Å². The quantitative estimate of drug-likeness (QED) is 0.630. The largest absolute Gasteiger partial charge is 0.502 e. The van der Waals surface area contributed by atoms with Crippen LogP contribution in [0.5, 0.6) is 5.75 Å². The van der Waals surface area contributed by atoms with Crippen molar-refractivity contribution in [3.8, 4) is 5.75 Å². The molecular formula is C13H15NO3. The van der Waals surface area contributed by atoms with Crippen LogP contribution in [-0.4, -0.2) is 10.0 Å². The molecule has 0 saturated heterocycles. The predicted molar refractivity (Wildman–Crippen MR) is 63.0 cm³/mol. The van der Waals surface area contributed by atoms with E-state index in [2.05, 4.69) is 0 Å². The Kier molecular flexibility index (Phi) is 2.15. The first-order valence-electron chi connectivity index (χ1n) is 6.09. The first-order chi connectivity index (χ1) is 8.11. The molecule has 4 nitrogen and oxygen atoms in total. The lowest BCUT2D eigenvalue weighted by molar-refractivity contribution is -0.386. The molecule has 1 aromatic rings. The maximum atomic E-state index is 10.8. The third-order valence-corrected chi connectivity index (χ3v) is 4.53. The highest BCUT2D eigenvalue weighted by Crippen LogP contribution is 2.55. The minimum atomic E-state index is -0.503. The summed E-state index contributed by atoms with van der Waals surface area (Å²) in [5.41, 5.74) is 1.04. The number of nitro benzene ring substituents is 1. The number of fused-ring (bicyclic) bond motifs is 2. The first-order valence-corrected chi connectivity index (χ1v) is 6.09. The van der Waals surface area contributed by atoms with Gasteiger partial charge in [0.2, 0.25) is 0 Å². The zero-order valence-electron chi connectivity index (χ0n) is 9.56. The van der Waals surface area contributed by atoms with Gasteiger partial charge < -0.3 is 5.11 Å². The molecule has 2 saturated carbocycles. The van der Waals surface area contributed by atoms with Gasteiger partial charge in [-0.15, -0.1) is 0 Å². The van der Waals surface area contributed by atoms with Gasteiger partial charge in [0.25, 0.3) is 0 Å². The van der Waals surface area contributed by atoms with Crippen molar-refractivity contribution in [2.75, 3.05) is 0 Å². The number of phenolic OH excluding ortho intramolecular Hbond substituents is 1. The normalized spacial score (nSPS) is 30.7. The first kappa shape index (κ1) is 10.6. The average Bonchev–Trinajstić information content (AvgIpc) is 2.90. The van der Waals surface area contributed by atoms with Crippen molar-refractivity contribution in [3.05, 3.63) is 33.9 Å². The van der Waals surface area contributed by atoms with Crippen LogP contribution >= 0.6 is 0 Å². The third kappa shape index (κ3) is 1.51. The summed E-state index contributed by atoms with van der Waals surface area (Å²) in [7, 11) is 0. The number of phenols is 1. The SMILES string of the molecule is O=[N+]([O-])c1cc(C23CCC(CC2)C3)ccc1O. The Labute approximate surface area is 99.4 Å². The molecule has 2 aliphatic rings. The van der Waals surface area contributed by atoms with Gasteiger partial charge in [-0.1, -0.05) is 6.07 Å². The Morgan fingerprint density at radius 3 is 2.59 bits per heavy atom. The zero-order chi connectivity index (χ0) is 12.0. The van der Waals surface area contributed by atoms with Crippen molar-refractivity contribution in [3.63, 3.8) is 0 Å². The van der Waals surface area contributed by atoms with E-state index < -0.39 is 4.92 Å². The maximum Gasteiger partial charge on any atom is 0.310 e. The maximum absolute atomic E-state index is 10.8. The second-order valence-electron chi connectivity index (χ2n) is 5.39. The molecule has 1 N–H and O–H groups in total. The van der Waals surface area contributed by atoms with Crippen LogP contribution in [0.4, 0.5) is 5.69 Å². The predicted octanol–water partition coefficient (Wildman–Crippen LogP) is 3.13. The lowest BCUT2D eigenvalue weighted by Gasteiger charge is -2.26. The molecule has 0 heterocycles. The lowest BCUT2D eigenvalue weighted by atomic mass is 9.77. The molecular weight excluding hydrogens is 218 g/mol. The minimum absolute atomic E-state index is 0.156. The van der Waals surface area contributed by atoms with Gasteiger partial charge in [-0.05, 0) is 55.1 Å². The van der Waals surface area contributed by atoms with Gasteiger partial charge in [0.15, 0.2) is 5.75 Å². The second kappa shape index (κ2) is 3.45. The summed E-state index contributed by atoms with van der Waals surface area (Å²) in [6.45, 7) is 0. The van der Waals surface area contributed by atoms with E-state index in [0.29, 0.717) is 0 Å². The van der Waals surface area contributed by atoms with Gasteiger partial charge in [-0.3, -0.25) is 10.1 Å². The summed E-state index contributed by atoms with van der Waals surface area (Å²) in [4.78, 5) is 10.3. The molecule has 4 heteroatoms. The van der Waals surface area contributed by atoms with E-state index in [1.165, 1.54) is 18.9 Å². The van der Waals surface area contributed by atoms with Gasteiger partial charge in [0.05, 0.1) is 4.92 Å². The molecule has 0 aliphatic heterocycles. The molecule has 3 rings (SSSR count). The number of nitro groups is 1. The lowest BCUT2D eigenvalue weighted by Crippen LogP contribution is -2.19. The fourth-order valence-corrected chi connectivity index (χ4v) is 3.60. The number of rotatable bonds is 2. The van der Waals surface area contributed by atoms with Crippen molar-refractivity contribution in [2.24, 2.45) is 5.92 Å². The molecule has 0 amide bonds. The highest BCUT2D eigenvalue weighted by Gasteiger charge is 2.46. The summed E-state index contributed by atoms with van der Waals surface area (Å²) in [6, 6.07) is 4.90. The highest BCUT2D eigenvalue weighted by atomic mass is 16.6. The van der Waals surface area contributed by atoms with E-state index in [1.807, 2.05) is 6.07 Å². The third-order valence-electron chi connectivity index (χ3n) is 4.53. The van der Waals surface area contributed by atoms with Gasteiger partial charge in [0.1, 0.15) is 0 Å². The standard InChI is InChI=1S/C13H15NO3/c15-12-2-1-10(7-11(12)14(16)17)13-5-3-9(8-13)4-6-13/h1-2,7,9,15H,3-6,8H2. The Morgan fingerprint density at radius 2 is 2.06 bits per heavy atom. The molecule has 0 unspecified atom stereocenters. The molecule has 17 heavy (non-hydrogen) atoms. The zero-order valence-corrected chi connectivity index (χ0v) is 9.56. The molecule has 0 atom stereocenters. The fraction of sp³-hybridized carbons (Fsp3) is 0.538. The molecule has 2 bridgehead atoms. The van der Waals surface area contributed by atoms with E-state index in [-0.39, 0.29) is 16.9 Å². The van der Waals surface area contributed by atoms with E-state index in [0.717, 1.165) is 30.7 Å². The Hall–Kier alpha value is -1.58. The van der Waals surface area contributed by atoms with E-state index in [4.69, 9.17) is 0 Å². The Morgan fingerprint density at radius 1 is 1.35 bits per heavy atom. The van der Waals surface area contributed by atoms with E-state index in [1.54, 1.807) is 6.07 Å². The van der Waals surface area contributed by atoms with Crippen LogP contribution in [-0.2, 0) is 5.41 Å². The average molecular weight is 233 g/mol. The van der Waals surface area contributed by atoms with Crippen LogP contribution in [0.15, 0.2) is 18.2 Å². The van der Waals surface area contributed by atoms with Crippen molar-refractivity contribution in [1.29, 1.82) is 0 Å². The Bertz CT molecular complexity index is 476. The molecule has 90 valence electrons. The molecule has 0 radical (unpaired) electrons. The summed E-state index contributed by atoms with van der Waals surface area (Å²) < 4.78 is 0. The van der Waals surface area contributed by atoms with Crippen LogP contribution in [0.3, 0.4) is 0 Å². The topological polar surface area (TPSA) is 63.4 Å². The highest BCUT2D eigenvalue weighted by molar-refractivity contribution is 5.50. The van der Waals surface area contributed by atoms with Crippen LogP contribution in [0, 0.1) is 16.0 Å². The summed E-state index contributed by atoms with van der Waals surface area (Å²) in [5.74, 6) is 0.575. The summed E-state index contributed by atoms with van der Waals surface area (Å²) in [5, 5.41) is 20.3. The van der Waals surface area contributed by atoms with Gasteiger partial charge in [0, 0.05) is 6.07 Å². The van der Waals surface area contributed by atoms with Gasteiger partial charge >= 0.3 is 5.69 Å². The smallest absolute Gasteiger partial charge is 0.310 e. The van der Waals surface area contributed by atoms with Crippen molar-refractivity contribution >= 4 is 5.69 Å². The van der Waals surface area contributed by atoms with Crippen molar-refractivity contribution < 1.29 is 10.0 Å². The Balaban J connectivity index is 2.04. The number of aromatic hydroxyl groups is 1. The van der Waals surface area contributed by atoms with Crippen molar-refractivity contribution in [2.45, 2.75) is 37.5 Å². The number of nitrogens with zero attached hydrogens (tertiary/aromatic N) is 1. The van der Waals surface area contributed by atoms with Crippen molar-refractivity contribution in [1.82, 2.24) is 0 Å². The summed E-state index contributed by atoms with van der Waals surface area (Å²) in [6.07, 6.45) is 5.93. The fourth-order valence-electron chi connectivity index (χ4n) is 3.60. The van der Waals surface area contributed by atoms with Crippen LogP contribution < -0.4 is 0 Å². The van der Waals surface area contributed by atoms with Crippen LogP contribution in [0.1, 0.15) is 37.7 Å². The second-order valence-corrected chi connectivity index (χ2v) is 5.39. The monoisotopic (exact) mass is 233 g/mol. The van der Waals surface area contributed by atoms with E-state index >= 15 is 0 Å². The molecule has 2 fully saturated rings. The van der Waals surface area contributed by atoms with Crippen LogP contribution in [0.25, 0.3) is 0 Å². The van der Waals surface area contributed by atoms with Crippen LogP contribution in [0.2, 0.25) is 0 Å². The van der Waals surface area contributed by atoms with Gasteiger partial charge in [-0.2, -0.15) is 0 Å². The number of benzene rings is 1. The molecule has 0 spiro atoms. The number of hydrogen-bond acceptors (Lipinski definition) is 3. The number of hydrogen-bond donors (Lipinski definition) is 1. The van der Waals surface area contributed by atoms with Gasteiger partial charge in [-0.25, -0.2) is 0 Å². The minimum Gasteiger partial charge on any atom is -0.502 e. The molecule has 2 aliphatic carbocycles. The summed E-state index contributed by atoms with van der Waals surface area (Å²) >= 11 is 0. The molecule has 0 aromatic heterocycles.